The second-order valence-corrected chi connectivity index (χ2v) is 3.97. The van der Waals surface area contributed by atoms with Gasteiger partial charge in [-0.15, -0.1) is 0 Å². The van der Waals surface area contributed by atoms with Crippen molar-refractivity contribution >= 4 is 15.8 Å². The summed E-state index contributed by atoms with van der Waals surface area (Å²) < 4.78 is 19.8. The minimum Gasteiger partial charge on any atom is -0.274 e. The summed E-state index contributed by atoms with van der Waals surface area (Å²) in [6.07, 6.45) is 0.990. The zero-order valence-electron chi connectivity index (χ0n) is 4.85. The van der Waals surface area contributed by atoms with E-state index in [1.807, 2.05) is 0 Å². The third kappa shape index (κ3) is 1.67. The first kappa shape index (κ1) is 6.54. The molecule has 1 fully saturated rings. The summed E-state index contributed by atoms with van der Waals surface area (Å²) in [5.41, 5.74) is 0. The monoisotopic (exact) mass is 148 g/mol. The molecule has 0 bridgehead atoms. The van der Waals surface area contributed by atoms with Crippen molar-refractivity contribution in [3.63, 3.8) is 0 Å². The molecule has 5 heteroatoms. The number of hydrogen-bond donors (Lipinski definition) is 2. The fraction of sp³-hybridized carbons (Fsp3) is 0.750. The highest BCUT2D eigenvalue weighted by atomic mass is 32.2. The lowest BCUT2D eigenvalue weighted by atomic mass is 10.3. The fourth-order valence-electron chi connectivity index (χ4n) is 0.722. The maximum atomic E-state index is 10.8. The van der Waals surface area contributed by atoms with Crippen LogP contribution in [0.15, 0.2) is 0 Å². The summed E-state index contributed by atoms with van der Waals surface area (Å²) in [5.74, 6) is 0.0416. The van der Waals surface area contributed by atoms with Crippen molar-refractivity contribution < 1.29 is 9.00 Å². The predicted molar refractivity (Wildman–Crippen MR) is 33.1 cm³/mol. The molecule has 0 aliphatic carbocycles. The molecule has 9 heavy (non-hydrogen) atoms. The van der Waals surface area contributed by atoms with Crippen LogP contribution in [0.5, 0.6) is 0 Å². The standard InChI is InChI=1S/C4H8N2O2S/c5-9(8)3-1-2-4(7)6-9/h1-3H2,(H2,5,6,7,8). The van der Waals surface area contributed by atoms with E-state index in [1.165, 1.54) is 0 Å². The van der Waals surface area contributed by atoms with Gasteiger partial charge in [0.2, 0.25) is 5.91 Å². The van der Waals surface area contributed by atoms with E-state index in [-0.39, 0.29) is 5.91 Å². The third-order valence-electron chi connectivity index (χ3n) is 1.11. The zero-order chi connectivity index (χ0) is 6.91. The maximum Gasteiger partial charge on any atom is 0.232 e. The van der Waals surface area contributed by atoms with Gasteiger partial charge in [0.1, 0.15) is 9.92 Å². The van der Waals surface area contributed by atoms with Gasteiger partial charge in [-0.1, -0.05) is 0 Å². The minimum absolute atomic E-state index is 0.263. The first-order chi connectivity index (χ1) is 4.10. The molecule has 1 rings (SSSR count). The Balaban J connectivity index is 2.73. The van der Waals surface area contributed by atoms with Gasteiger partial charge in [0.05, 0.1) is 5.75 Å². The summed E-state index contributed by atoms with van der Waals surface area (Å²) in [5, 5.41) is 0. The van der Waals surface area contributed by atoms with Gasteiger partial charge in [0.15, 0.2) is 0 Å². The van der Waals surface area contributed by atoms with Crippen LogP contribution in [0.3, 0.4) is 0 Å². The Hall–Kier alpha value is -0.580. The molecule has 52 valence electrons. The van der Waals surface area contributed by atoms with Crippen LogP contribution in [0.2, 0.25) is 0 Å². The molecule has 4 nitrogen and oxygen atoms in total. The van der Waals surface area contributed by atoms with Crippen molar-refractivity contribution in [3.05, 3.63) is 0 Å². The minimum atomic E-state index is -2.73. The van der Waals surface area contributed by atoms with Crippen LogP contribution < -0.4 is 4.72 Å². The van der Waals surface area contributed by atoms with Crippen molar-refractivity contribution in [2.45, 2.75) is 12.8 Å². The van der Waals surface area contributed by atoms with E-state index in [0.717, 1.165) is 0 Å². The number of carbonyl (C=O) groups is 1. The fourth-order valence-corrected chi connectivity index (χ4v) is 1.84. The smallest absolute Gasteiger partial charge is 0.232 e. The molecule has 1 heterocycles. The van der Waals surface area contributed by atoms with Crippen LogP contribution >= 0.6 is 0 Å². The molecule has 2 N–H and O–H groups in total. The van der Waals surface area contributed by atoms with Crippen LogP contribution in [-0.4, -0.2) is 15.9 Å². The molecule has 0 spiro atoms. The Morgan fingerprint density at radius 1 is 1.67 bits per heavy atom. The highest BCUT2D eigenvalue weighted by molar-refractivity contribution is 7.91. The average Bonchev–Trinajstić information content (AvgIpc) is 1.60. The Labute approximate surface area is 53.7 Å². The lowest BCUT2D eigenvalue weighted by Gasteiger charge is -2.13. The van der Waals surface area contributed by atoms with E-state index < -0.39 is 9.92 Å². The molecule has 1 aliphatic rings. The van der Waals surface area contributed by atoms with Crippen LogP contribution in [-0.2, 0) is 14.7 Å². The highest BCUT2D eigenvalue weighted by Crippen LogP contribution is 2.02. The van der Waals surface area contributed by atoms with Gasteiger partial charge in [-0.25, -0.2) is 8.99 Å². The molecule has 0 aromatic heterocycles. The van der Waals surface area contributed by atoms with Crippen LogP contribution in [0.1, 0.15) is 12.8 Å². The van der Waals surface area contributed by atoms with Crippen molar-refractivity contribution in [3.8, 4) is 0 Å². The molecular weight excluding hydrogens is 140 g/mol. The van der Waals surface area contributed by atoms with Crippen molar-refractivity contribution in [1.82, 2.24) is 4.72 Å². The summed E-state index contributed by atoms with van der Waals surface area (Å²) in [6.45, 7) is 0. The summed E-state index contributed by atoms with van der Waals surface area (Å²) in [7, 11) is -2.73. The topological polar surface area (TPSA) is 70.0 Å². The van der Waals surface area contributed by atoms with Gasteiger partial charge in [-0.2, -0.15) is 0 Å². The molecule has 1 saturated heterocycles. The first-order valence-electron chi connectivity index (χ1n) is 2.67. The average molecular weight is 148 g/mol. The first-order valence-corrected chi connectivity index (χ1v) is 4.40. The largest absolute Gasteiger partial charge is 0.274 e. The van der Waals surface area contributed by atoms with Gasteiger partial charge in [-0.3, -0.25) is 9.52 Å². The lowest BCUT2D eigenvalue weighted by Crippen LogP contribution is -2.35. The molecule has 0 saturated carbocycles. The number of hydrogen-bond acceptors (Lipinski definition) is 3. The van der Waals surface area contributed by atoms with Crippen LogP contribution in [0.25, 0.3) is 0 Å². The predicted octanol–water partition coefficient (Wildman–Crippen LogP) is -0.142. The molecular formula is C4H8N2O2S. The summed E-state index contributed by atoms with van der Waals surface area (Å²) >= 11 is 0. The molecule has 0 aromatic rings. The quantitative estimate of drug-likeness (QED) is 0.502. The highest BCUT2D eigenvalue weighted by Gasteiger charge is 2.16. The van der Waals surface area contributed by atoms with E-state index in [0.29, 0.717) is 18.6 Å². The Kier molecular flexibility index (Phi) is 1.44. The van der Waals surface area contributed by atoms with E-state index >= 15 is 0 Å². The lowest BCUT2D eigenvalue weighted by molar-refractivity contribution is -0.119. The Morgan fingerprint density at radius 3 is 2.67 bits per heavy atom. The van der Waals surface area contributed by atoms with E-state index in [1.54, 1.807) is 0 Å². The van der Waals surface area contributed by atoms with E-state index in [2.05, 4.69) is 4.72 Å². The van der Waals surface area contributed by atoms with Gasteiger partial charge >= 0.3 is 0 Å². The Morgan fingerprint density at radius 2 is 2.33 bits per heavy atom. The normalized spacial score (nSPS) is 35.8. The van der Waals surface area contributed by atoms with Crippen molar-refractivity contribution in [2.24, 2.45) is 0 Å². The second kappa shape index (κ2) is 1.98. The molecule has 1 amide bonds. The summed E-state index contributed by atoms with van der Waals surface area (Å²) in [6, 6.07) is 0. The second-order valence-electron chi connectivity index (χ2n) is 2.01. The number of nitrogens with one attached hydrogen (secondary N) is 2. The zero-order valence-corrected chi connectivity index (χ0v) is 5.66. The number of carbonyl (C=O) groups excluding carboxylic acids is 1. The number of rotatable bonds is 0. The summed E-state index contributed by atoms with van der Waals surface area (Å²) in [4.78, 5) is 10.5. The SMILES string of the molecule is N=S1(=O)CCCC(=O)N1. The van der Waals surface area contributed by atoms with Crippen LogP contribution in [0.4, 0.5) is 0 Å². The van der Waals surface area contributed by atoms with Gasteiger partial charge < -0.3 is 0 Å². The van der Waals surface area contributed by atoms with Gasteiger partial charge in [0, 0.05) is 6.42 Å². The van der Waals surface area contributed by atoms with Crippen molar-refractivity contribution in [1.29, 1.82) is 4.78 Å². The van der Waals surface area contributed by atoms with Gasteiger partial charge in [0.25, 0.3) is 0 Å². The van der Waals surface area contributed by atoms with E-state index in [9.17, 15) is 9.00 Å². The molecule has 1 atom stereocenters. The number of amides is 1. The molecule has 0 radical (unpaired) electrons. The Bertz CT molecular complexity index is 219. The third-order valence-corrected chi connectivity index (χ3v) is 2.54. The van der Waals surface area contributed by atoms with E-state index in [4.69, 9.17) is 4.78 Å². The molecule has 1 aliphatic heterocycles. The van der Waals surface area contributed by atoms with Crippen LogP contribution in [0, 0.1) is 4.78 Å². The molecule has 0 aromatic carbocycles. The maximum absolute atomic E-state index is 10.8. The molecule has 1 unspecified atom stereocenters. The van der Waals surface area contributed by atoms with Crippen molar-refractivity contribution in [2.75, 3.05) is 5.75 Å². The van der Waals surface area contributed by atoms with Gasteiger partial charge in [-0.05, 0) is 6.42 Å².